The normalized spacial score (nSPS) is 31.6. The molecule has 6 heteroatoms. The van der Waals surface area contributed by atoms with Gasteiger partial charge in [0.25, 0.3) is 5.56 Å². The van der Waals surface area contributed by atoms with Gasteiger partial charge in [-0.3, -0.25) is 19.0 Å². The highest BCUT2D eigenvalue weighted by Gasteiger charge is 2.30. The smallest absolute Gasteiger partial charge is 0.264 e. The fourth-order valence-corrected chi connectivity index (χ4v) is 2.19. The van der Waals surface area contributed by atoms with E-state index in [-0.39, 0.29) is 16.6 Å². The Labute approximate surface area is 129 Å². The van der Waals surface area contributed by atoms with E-state index in [1.54, 1.807) is 0 Å². The molecule has 0 amide bonds. The Morgan fingerprint density at radius 2 is 2.29 bits per heavy atom. The maximum absolute atomic E-state index is 13.1. The van der Waals surface area contributed by atoms with Crippen LogP contribution in [-0.4, -0.2) is 21.1 Å². The van der Waals surface area contributed by atoms with Gasteiger partial charge in [0.05, 0.1) is 24.7 Å². The summed E-state index contributed by atoms with van der Waals surface area (Å²) in [6.45, 7) is -0.680. The first kappa shape index (κ1) is 8.07. The quantitative estimate of drug-likeness (QED) is 0.628. The fraction of sp³-hybridized carbons (Fsp3) is 0.333. The predicted molar refractivity (Wildman–Crippen MR) is 78.1 cm³/mol. The van der Waals surface area contributed by atoms with Gasteiger partial charge in [-0.15, -0.1) is 0 Å². The summed E-state index contributed by atoms with van der Waals surface area (Å²) in [5.74, 6) is -3.01. The number of nitrogens with zero attached hydrogens (tertiary/aromatic N) is 2. The molecule has 1 aromatic carbocycles. The van der Waals surface area contributed by atoms with Crippen molar-refractivity contribution in [2.75, 3.05) is 5.73 Å². The van der Waals surface area contributed by atoms with E-state index in [4.69, 9.17) is 14.0 Å². The molecule has 108 valence electrons. The second kappa shape index (κ2) is 4.80. The largest absolute Gasteiger partial charge is 0.398 e. The molecule has 1 saturated carbocycles. The number of Topliss-reactive ketones (excluding diaryl/α,β-unsaturated/α-hetero) is 2. The molecule has 1 aromatic heterocycles. The monoisotopic (exact) mass is 291 g/mol. The number of rotatable bonds is 1. The van der Waals surface area contributed by atoms with Crippen molar-refractivity contribution in [2.24, 2.45) is 0 Å². The maximum Gasteiger partial charge on any atom is 0.264 e. The van der Waals surface area contributed by atoms with Crippen LogP contribution in [0, 0.1) is 6.90 Å². The molecule has 2 aromatic rings. The summed E-state index contributed by atoms with van der Waals surface area (Å²) < 4.78 is 48.3. The number of anilines is 1. The second-order valence-corrected chi connectivity index (χ2v) is 4.53. The van der Waals surface area contributed by atoms with Crippen LogP contribution in [-0.2, 0) is 9.59 Å². The van der Waals surface area contributed by atoms with Gasteiger partial charge in [0.15, 0.2) is 5.78 Å². The van der Waals surface area contributed by atoms with E-state index in [0.29, 0.717) is 4.57 Å². The minimum absolute atomic E-state index is 0.0261. The highest BCUT2D eigenvalue weighted by Crippen LogP contribution is 2.24. The van der Waals surface area contributed by atoms with Gasteiger partial charge in [-0.2, -0.15) is 0 Å². The van der Waals surface area contributed by atoms with E-state index in [2.05, 4.69) is 4.98 Å². The van der Waals surface area contributed by atoms with E-state index in [9.17, 15) is 14.4 Å². The molecule has 2 N–H and O–H groups in total. The van der Waals surface area contributed by atoms with Gasteiger partial charge in [0.2, 0.25) is 0 Å². The molecule has 0 saturated heterocycles. The Hall–Kier alpha value is -2.50. The molecular weight excluding hydrogens is 270 g/mol. The third-order valence-corrected chi connectivity index (χ3v) is 3.13. The van der Waals surface area contributed by atoms with Crippen LogP contribution >= 0.6 is 0 Å². The number of ketones is 2. The van der Waals surface area contributed by atoms with Crippen molar-refractivity contribution in [3.63, 3.8) is 0 Å². The Balaban J connectivity index is 2.48. The van der Waals surface area contributed by atoms with Crippen LogP contribution in [0.1, 0.15) is 39.2 Å². The third kappa shape index (κ3) is 2.12. The molecule has 1 unspecified atom stereocenters. The van der Waals surface area contributed by atoms with Gasteiger partial charge in [0, 0.05) is 18.9 Å². The first-order valence-electron chi connectivity index (χ1n) is 9.28. The molecule has 1 atom stereocenters. The standard InChI is InChI=1S/C15H15N3O3/c1-8-17-11-4-2-3-10(16)14(11)15(21)18(8)12-6-5-9(19)7-13(12)20/h2-4,12H,5-7,16H2,1H3/i1D,5D2,6D2,12D. The Kier molecular flexibility index (Phi) is 1.84. The van der Waals surface area contributed by atoms with E-state index < -0.39 is 55.0 Å². The van der Waals surface area contributed by atoms with E-state index in [1.165, 1.54) is 18.2 Å². The lowest BCUT2D eigenvalue weighted by molar-refractivity contribution is -0.132. The molecule has 21 heavy (non-hydrogen) atoms. The molecule has 1 fully saturated rings. The Morgan fingerprint density at radius 1 is 1.48 bits per heavy atom. The Bertz CT molecular complexity index is 1050. The number of nitrogens with two attached hydrogens (primary N) is 1. The summed E-state index contributed by atoms with van der Waals surface area (Å²) >= 11 is 0. The molecule has 1 aliphatic carbocycles. The molecule has 0 spiro atoms. The van der Waals surface area contributed by atoms with Crippen LogP contribution in [0.4, 0.5) is 5.69 Å². The van der Waals surface area contributed by atoms with Crippen LogP contribution in [0.15, 0.2) is 23.0 Å². The molecule has 0 radical (unpaired) electrons. The summed E-state index contributed by atoms with van der Waals surface area (Å²) in [6.07, 6.45) is -7.64. The number of nitrogen functional groups attached to an aromatic ring is 1. The lowest BCUT2D eigenvalue weighted by atomic mass is 9.92. The summed E-state index contributed by atoms with van der Waals surface area (Å²) in [5, 5.41) is -0.178. The van der Waals surface area contributed by atoms with Gasteiger partial charge in [0.1, 0.15) is 11.6 Å². The topological polar surface area (TPSA) is 95.0 Å². The third-order valence-electron chi connectivity index (χ3n) is 3.13. The molecule has 1 aliphatic rings. The van der Waals surface area contributed by atoms with Gasteiger partial charge < -0.3 is 5.73 Å². The van der Waals surface area contributed by atoms with Crippen LogP contribution in [0.25, 0.3) is 10.9 Å². The van der Waals surface area contributed by atoms with Crippen molar-refractivity contribution in [1.29, 1.82) is 0 Å². The zero-order valence-electron chi connectivity index (χ0n) is 16.8. The number of carbonyl (C=O) groups excluding carboxylic acids is 2. The Morgan fingerprint density at radius 3 is 3.05 bits per heavy atom. The number of aromatic nitrogens is 2. The number of fused-ring (bicyclic) bond motifs is 1. The number of hydrogen-bond acceptors (Lipinski definition) is 5. The number of carbonyl (C=O) groups is 2. The van der Waals surface area contributed by atoms with Crippen LogP contribution in [0.2, 0.25) is 0 Å². The van der Waals surface area contributed by atoms with Crippen molar-refractivity contribution < 1.29 is 17.8 Å². The fourth-order valence-electron chi connectivity index (χ4n) is 2.19. The minimum Gasteiger partial charge on any atom is -0.398 e. The molecule has 1 heterocycles. The highest BCUT2D eigenvalue weighted by atomic mass is 16.2. The van der Waals surface area contributed by atoms with Crippen LogP contribution in [0.5, 0.6) is 0 Å². The predicted octanol–water partition coefficient (Wildman–Crippen LogP) is 1.15. The second-order valence-electron chi connectivity index (χ2n) is 4.53. The summed E-state index contributed by atoms with van der Waals surface area (Å²) in [6, 6.07) is 1.21. The van der Waals surface area contributed by atoms with Crippen molar-refractivity contribution in [3.05, 3.63) is 34.4 Å². The molecule has 6 nitrogen and oxygen atoms in total. The van der Waals surface area contributed by atoms with Gasteiger partial charge >= 0.3 is 0 Å². The van der Waals surface area contributed by atoms with Crippen LogP contribution in [0.3, 0.4) is 0 Å². The lowest BCUT2D eigenvalue weighted by Crippen LogP contribution is -2.36. The SMILES string of the molecule is [2H]Cc1nc2cccc(N)c2c(=O)n1C1([2H])C(=O)CC(=O)C([2H])([2H])C1([2H])[2H]. The zero-order valence-corrected chi connectivity index (χ0v) is 10.8. The first-order valence-corrected chi connectivity index (χ1v) is 6.07. The van der Waals surface area contributed by atoms with Gasteiger partial charge in [-0.25, -0.2) is 4.98 Å². The average molecular weight is 291 g/mol. The molecule has 0 aliphatic heterocycles. The van der Waals surface area contributed by atoms with Gasteiger partial charge in [-0.05, 0) is 25.4 Å². The first-order chi connectivity index (χ1) is 12.4. The van der Waals surface area contributed by atoms with E-state index in [0.717, 1.165) is 0 Å². The van der Waals surface area contributed by atoms with Gasteiger partial charge in [-0.1, -0.05) is 6.07 Å². The van der Waals surface area contributed by atoms with Crippen molar-refractivity contribution in [2.45, 2.75) is 32.1 Å². The number of hydrogen-bond donors (Lipinski definition) is 1. The summed E-state index contributed by atoms with van der Waals surface area (Å²) in [4.78, 5) is 41.6. The lowest BCUT2D eigenvalue weighted by Gasteiger charge is -2.24. The zero-order chi connectivity index (χ0) is 20.4. The molecular formula is C15H15N3O3. The van der Waals surface area contributed by atoms with E-state index in [1.807, 2.05) is 0 Å². The van der Waals surface area contributed by atoms with Crippen molar-refractivity contribution in [1.82, 2.24) is 9.55 Å². The highest BCUT2D eigenvalue weighted by molar-refractivity contribution is 6.03. The molecule has 3 rings (SSSR count). The van der Waals surface area contributed by atoms with Crippen molar-refractivity contribution >= 4 is 28.2 Å². The molecule has 0 bridgehead atoms. The maximum atomic E-state index is 13.1. The summed E-state index contributed by atoms with van der Waals surface area (Å²) in [5.41, 5.74) is 4.83. The van der Waals surface area contributed by atoms with Crippen molar-refractivity contribution in [3.8, 4) is 0 Å². The number of benzene rings is 1. The number of aryl methyl sites for hydroxylation is 1. The summed E-state index contributed by atoms with van der Waals surface area (Å²) in [7, 11) is 0. The van der Waals surface area contributed by atoms with Crippen LogP contribution < -0.4 is 11.3 Å². The van der Waals surface area contributed by atoms with E-state index >= 15 is 0 Å². The average Bonchev–Trinajstić information content (AvgIpc) is 2.59. The minimum atomic E-state index is -3.39.